The van der Waals surface area contributed by atoms with Crippen LogP contribution in [0.15, 0.2) is 42.7 Å². The van der Waals surface area contributed by atoms with Gasteiger partial charge >= 0.3 is 0 Å². The van der Waals surface area contributed by atoms with E-state index in [2.05, 4.69) is 21.4 Å². The first-order valence-corrected chi connectivity index (χ1v) is 10.6. The molecule has 1 aromatic carbocycles. The zero-order valence-electron chi connectivity index (χ0n) is 16.0. The summed E-state index contributed by atoms with van der Waals surface area (Å²) in [4.78, 5) is 36.4. The van der Waals surface area contributed by atoms with Crippen LogP contribution in [0.2, 0.25) is 0 Å². The average molecular weight is 404 g/mol. The predicted octanol–water partition coefficient (Wildman–Crippen LogP) is 4.06. The Kier molecular flexibility index (Phi) is 4.39. The molecule has 1 saturated carbocycles. The number of fused-ring (bicyclic) bond motifs is 1. The van der Waals surface area contributed by atoms with E-state index in [9.17, 15) is 9.59 Å². The van der Waals surface area contributed by atoms with Gasteiger partial charge in [0.05, 0.1) is 11.3 Å². The van der Waals surface area contributed by atoms with Gasteiger partial charge in [0.1, 0.15) is 0 Å². The molecule has 0 unspecified atom stereocenters. The molecule has 2 amide bonds. The molecule has 6 nitrogen and oxygen atoms in total. The zero-order valence-corrected chi connectivity index (χ0v) is 16.8. The number of carbonyl (C=O) groups excluding carboxylic acids is 2. The summed E-state index contributed by atoms with van der Waals surface area (Å²) in [5.41, 5.74) is 4.60. The largest absolute Gasteiger partial charge is 0.312 e. The lowest BCUT2D eigenvalue weighted by atomic mass is 10.1. The molecule has 2 aliphatic rings. The second kappa shape index (κ2) is 7.08. The summed E-state index contributed by atoms with van der Waals surface area (Å²) in [5.74, 6) is 0.274. The van der Waals surface area contributed by atoms with E-state index in [1.165, 1.54) is 23.1 Å². The fourth-order valence-corrected chi connectivity index (χ4v) is 4.54. The molecule has 146 valence electrons. The number of anilines is 2. The lowest BCUT2D eigenvalue weighted by Gasteiger charge is -2.17. The van der Waals surface area contributed by atoms with Crippen LogP contribution in [0.4, 0.5) is 10.8 Å². The molecule has 0 saturated heterocycles. The van der Waals surface area contributed by atoms with Crippen molar-refractivity contribution in [3.05, 3.63) is 58.7 Å². The van der Waals surface area contributed by atoms with Crippen molar-refractivity contribution in [1.82, 2.24) is 9.97 Å². The van der Waals surface area contributed by atoms with Crippen LogP contribution < -0.4 is 10.2 Å². The van der Waals surface area contributed by atoms with Gasteiger partial charge in [-0.2, -0.15) is 0 Å². The minimum Gasteiger partial charge on any atom is -0.312 e. The molecule has 0 radical (unpaired) electrons. The summed E-state index contributed by atoms with van der Waals surface area (Å²) in [6.07, 6.45) is 6.08. The van der Waals surface area contributed by atoms with Crippen LogP contribution in [-0.4, -0.2) is 28.3 Å². The summed E-state index contributed by atoms with van der Waals surface area (Å²) in [6, 6.07) is 9.63. The SMILES string of the molecule is Cc1sc(NC(=O)c2cccnc2)nc1-c1ccc2c(c1)CCN2C(=O)C1CC1. The van der Waals surface area contributed by atoms with Gasteiger partial charge in [-0.1, -0.05) is 6.07 Å². The van der Waals surface area contributed by atoms with E-state index in [1.807, 2.05) is 24.0 Å². The fraction of sp³-hybridized carbons (Fsp3) is 0.273. The number of hydrogen-bond donors (Lipinski definition) is 1. The van der Waals surface area contributed by atoms with Gasteiger partial charge < -0.3 is 4.90 Å². The zero-order chi connectivity index (χ0) is 20.0. The van der Waals surface area contributed by atoms with Crippen molar-refractivity contribution in [2.45, 2.75) is 26.2 Å². The minimum absolute atomic E-state index is 0.221. The Hall–Kier alpha value is -3.06. The highest BCUT2D eigenvalue weighted by molar-refractivity contribution is 7.16. The number of hydrogen-bond acceptors (Lipinski definition) is 5. The fourth-order valence-electron chi connectivity index (χ4n) is 3.71. The quantitative estimate of drug-likeness (QED) is 0.711. The normalized spacial score (nSPS) is 15.3. The number of aryl methyl sites for hydroxylation is 1. The molecule has 1 aliphatic heterocycles. The highest BCUT2D eigenvalue weighted by atomic mass is 32.1. The average Bonchev–Trinajstić information content (AvgIpc) is 3.41. The maximum absolute atomic E-state index is 12.5. The molecule has 0 atom stereocenters. The third-order valence-corrected chi connectivity index (χ3v) is 6.27. The van der Waals surface area contributed by atoms with E-state index in [0.717, 1.165) is 47.6 Å². The summed E-state index contributed by atoms with van der Waals surface area (Å²) < 4.78 is 0. The topological polar surface area (TPSA) is 75.2 Å². The van der Waals surface area contributed by atoms with Crippen LogP contribution in [0, 0.1) is 12.8 Å². The highest BCUT2D eigenvalue weighted by Gasteiger charge is 2.36. The van der Waals surface area contributed by atoms with Crippen molar-refractivity contribution < 1.29 is 9.59 Å². The Morgan fingerprint density at radius 1 is 1.24 bits per heavy atom. The number of nitrogens with one attached hydrogen (secondary N) is 1. The van der Waals surface area contributed by atoms with Gasteiger partial charge in [0.2, 0.25) is 5.91 Å². The van der Waals surface area contributed by atoms with Crippen molar-refractivity contribution in [3.8, 4) is 11.3 Å². The van der Waals surface area contributed by atoms with E-state index in [-0.39, 0.29) is 17.7 Å². The highest BCUT2D eigenvalue weighted by Crippen LogP contribution is 2.39. The molecule has 1 N–H and O–H groups in total. The van der Waals surface area contributed by atoms with Crippen LogP contribution >= 0.6 is 11.3 Å². The molecule has 5 rings (SSSR count). The maximum atomic E-state index is 12.5. The maximum Gasteiger partial charge on any atom is 0.259 e. The summed E-state index contributed by atoms with van der Waals surface area (Å²) in [7, 11) is 0. The lowest BCUT2D eigenvalue weighted by Crippen LogP contribution is -2.30. The predicted molar refractivity (Wildman–Crippen MR) is 113 cm³/mol. The standard InChI is InChI=1S/C22H20N4O2S/c1-13-19(24-22(29-13)25-20(27)17-3-2-9-23-12-17)16-6-7-18-15(11-16)8-10-26(18)21(28)14-4-5-14/h2-3,6-7,9,11-12,14H,4-5,8,10H2,1H3,(H,24,25,27). The first-order chi connectivity index (χ1) is 14.1. The summed E-state index contributed by atoms with van der Waals surface area (Å²) in [5, 5.41) is 3.43. The number of nitrogens with zero attached hydrogens (tertiary/aromatic N) is 3. The molecular weight excluding hydrogens is 384 g/mol. The Labute approximate surface area is 172 Å². The molecule has 0 bridgehead atoms. The number of rotatable bonds is 4. The van der Waals surface area contributed by atoms with Gasteiger partial charge in [-0.15, -0.1) is 11.3 Å². The lowest BCUT2D eigenvalue weighted by molar-refractivity contribution is -0.119. The Bertz CT molecular complexity index is 1110. The van der Waals surface area contributed by atoms with Gasteiger partial charge in [0, 0.05) is 41.0 Å². The number of carbonyl (C=O) groups is 2. The number of amides is 2. The second-order valence-electron chi connectivity index (χ2n) is 7.48. The van der Waals surface area contributed by atoms with Crippen molar-refractivity contribution >= 4 is 34.0 Å². The van der Waals surface area contributed by atoms with E-state index >= 15 is 0 Å². The van der Waals surface area contributed by atoms with Gasteiger partial charge in [-0.05, 0) is 56.0 Å². The van der Waals surface area contributed by atoms with Crippen LogP contribution in [-0.2, 0) is 11.2 Å². The van der Waals surface area contributed by atoms with Crippen LogP contribution in [0.3, 0.4) is 0 Å². The van der Waals surface area contributed by atoms with Crippen molar-refractivity contribution in [2.24, 2.45) is 5.92 Å². The Morgan fingerprint density at radius 3 is 2.86 bits per heavy atom. The monoisotopic (exact) mass is 404 g/mol. The third-order valence-electron chi connectivity index (χ3n) is 5.38. The van der Waals surface area contributed by atoms with Crippen LogP contribution in [0.1, 0.15) is 33.6 Å². The Morgan fingerprint density at radius 2 is 2.10 bits per heavy atom. The Balaban J connectivity index is 1.38. The number of benzene rings is 1. The van der Waals surface area contributed by atoms with Gasteiger partial charge in [0.15, 0.2) is 5.13 Å². The third kappa shape index (κ3) is 3.42. The van der Waals surface area contributed by atoms with E-state index in [1.54, 1.807) is 18.3 Å². The first kappa shape index (κ1) is 18.0. The van der Waals surface area contributed by atoms with Crippen molar-refractivity contribution in [1.29, 1.82) is 0 Å². The molecule has 3 heterocycles. The van der Waals surface area contributed by atoms with Crippen LogP contribution in [0.25, 0.3) is 11.3 Å². The number of aromatic nitrogens is 2. The second-order valence-corrected chi connectivity index (χ2v) is 8.68. The summed E-state index contributed by atoms with van der Waals surface area (Å²) >= 11 is 1.46. The molecule has 2 aromatic heterocycles. The molecular formula is C22H20N4O2S. The van der Waals surface area contributed by atoms with E-state index < -0.39 is 0 Å². The number of thiazole rings is 1. The van der Waals surface area contributed by atoms with Gasteiger partial charge in [0.25, 0.3) is 5.91 Å². The molecule has 29 heavy (non-hydrogen) atoms. The minimum atomic E-state index is -0.221. The number of pyridine rings is 1. The molecule has 0 spiro atoms. The molecule has 3 aromatic rings. The first-order valence-electron chi connectivity index (χ1n) is 9.73. The van der Waals surface area contributed by atoms with Gasteiger partial charge in [-0.25, -0.2) is 4.98 Å². The van der Waals surface area contributed by atoms with Gasteiger partial charge in [-0.3, -0.25) is 19.9 Å². The summed E-state index contributed by atoms with van der Waals surface area (Å²) in [6.45, 7) is 2.76. The van der Waals surface area contributed by atoms with E-state index in [4.69, 9.17) is 0 Å². The molecule has 1 fully saturated rings. The van der Waals surface area contributed by atoms with Crippen LogP contribution in [0.5, 0.6) is 0 Å². The van der Waals surface area contributed by atoms with Crippen molar-refractivity contribution in [3.63, 3.8) is 0 Å². The smallest absolute Gasteiger partial charge is 0.259 e. The van der Waals surface area contributed by atoms with E-state index in [0.29, 0.717) is 10.7 Å². The van der Waals surface area contributed by atoms with Crippen molar-refractivity contribution in [2.75, 3.05) is 16.8 Å². The molecule has 7 heteroatoms. The molecule has 1 aliphatic carbocycles.